The maximum absolute atomic E-state index is 14.0. The SMILES string of the molecule is CC(C)(C)OC(=O)N1CCn2nnc(-c3ccc(F)cc3F)c2C1. The van der Waals surface area contributed by atoms with Gasteiger partial charge < -0.3 is 9.64 Å². The van der Waals surface area contributed by atoms with Crippen molar-refractivity contribution in [2.24, 2.45) is 0 Å². The second-order valence-corrected chi connectivity index (χ2v) is 6.63. The van der Waals surface area contributed by atoms with Crippen molar-refractivity contribution in [3.8, 4) is 11.3 Å². The lowest BCUT2D eigenvalue weighted by atomic mass is 10.1. The Kier molecular flexibility index (Phi) is 3.98. The molecule has 1 aromatic carbocycles. The number of nitrogens with zero attached hydrogens (tertiary/aromatic N) is 4. The molecule has 2 aromatic rings. The van der Waals surface area contributed by atoms with E-state index in [4.69, 9.17) is 4.74 Å². The van der Waals surface area contributed by atoms with Gasteiger partial charge in [-0.15, -0.1) is 5.10 Å². The summed E-state index contributed by atoms with van der Waals surface area (Å²) in [7, 11) is 0. The van der Waals surface area contributed by atoms with Crippen LogP contribution in [0.25, 0.3) is 11.3 Å². The molecule has 2 heterocycles. The van der Waals surface area contributed by atoms with Crippen molar-refractivity contribution in [2.75, 3.05) is 6.54 Å². The van der Waals surface area contributed by atoms with Gasteiger partial charge in [0.2, 0.25) is 0 Å². The number of hydrogen-bond acceptors (Lipinski definition) is 4. The van der Waals surface area contributed by atoms with Crippen LogP contribution in [0.15, 0.2) is 18.2 Å². The van der Waals surface area contributed by atoms with E-state index >= 15 is 0 Å². The van der Waals surface area contributed by atoms with Crippen LogP contribution in [0.5, 0.6) is 0 Å². The maximum atomic E-state index is 14.0. The summed E-state index contributed by atoms with van der Waals surface area (Å²) in [5, 5.41) is 7.99. The van der Waals surface area contributed by atoms with E-state index in [0.717, 1.165) is 6.07 Å². The number of hydrogen-bond donors (Lipinski definition) is 0. The summed E-state index contributed by atoms with van der Waals surface area (Å²) in [6.07, 6.45) is -0.444. The van der Waals surface area contributed by atoms with E-state index in [1.165, 1.54) is 17.0 Å². The van der Waals surface area contributed by atoms with Gasteiger partial charge in [0.15, 0.2) is 0 Å². The van der Waals surface area contributed by atoms with Gasteiger partial charge in [-0.25, -0.2) is 18.3 Å². The zero-order valence-corrected chi connectivity index (χ0v) is 13.7. The molecule has 8 heteroatoms. The molecule has 0 saturated heterocycles. The summed E-state index contributed by atoms with van der Waals surface area (Å²) in [5.74, 6) is -1.37. The lowest BCUT2D eigenvalue weighted by Crippen LogP contribution is -2.41. The van der Waals surface area contributed by atoms with E-state index in [9.17, 15) is 13.6 Å². The van der Waals surface area contributed by atoms with Crippen LogP contribution in [0, 0.1) is 11.6 Å². The third-order valence-corrected chi connectivity index (χ3v) is 3.60. The standard InChI is InChI=1S/C16H18F2N4O2/c1-16(2,3)24-15(23)21-6-7-22-13(9-21)14(19-20-22)11-5-4-10(17)8-12(11)18/h4-5,8H,6-7,9H2,1-3H3. The first-order chi connectivity index (χ1) is 11.2. The van der Waals surface area contributed by atoms with Gasteiger partial charge >= 0.3 is 6.09 Å². The van der Waals surface area contributed by atoms with E-state index in [2.05, 4.69) is 10.3 Å². The molecular formula is C16H18F2N4O2. The second-order valence-electron chi connectivity index (χ2n) is 6.63. The van der Waals surface area contributed by atoms with Gasteiger partial charge in [0.1, 0.15) is 22.9 Å². The highest BCUT2D eigenvalue weighted by Crippen LogP contribution is 2.28. The van der Waals surface area contributed by atoms with Gasteiger partial charge in [-0.3, -0.25) is 0 Å². The third-order valence-electron chi connectivity index (χ3n) is 3.60. The molecule has 0 atom stereocenters. The molecule has 0 bridgehead atoms. The average Bonchev–Trinajstić information content (AvgIpc) is 2.88. The molecule has 1 amide bonds. The minimum atomic E-state index is -0.715. The zero-order valence-electron chi connectivity index (χ0n) is 13.7. The highest BCUT2D eigenvalue weighted by molar-refractivity contribution is 5.69. The normalized spacial score (nSPS) is 14.5. The molecule has 0 unspecified atom stereocenters. The van der Waals surface area contributed by atoms with Crippen molar-refractivity contribution in [2.45, 2.75) is 39.5 Å². The van der Waals surface area contributed by atoms with Crippen LogP contribution in [0.2, 0.25) is 0 Å². The lowest BCUT2D eigenvalue weighted by molar-refractivity contribution is 0.0194. The number of rotatable bonds is 1. The van der Waals surface area contributed by atoms with Gasteiger partial charge in [-0.2, -0.15) is 0 Å². The summed E-state index contributed by atoms with van der Waals surface area (Å²) >= 11 is 0. The quantitative estimate of drug-likeness (QED) is 0.803. The zero-order chi connectivity index (χ0) is 17.5. The van der Waals surface area contributed by atoms with E-state index in [0.29, 0.717) is 24.5 Å². The van der Waals surface area contributed by atoms with Crippen LogP contribution in [-0.2, 0) is 17.8 Å². The summed E-state index contributed by atoms with van der Waals surface area (Å²) in [6.45, 7) is 6.44. The monoisotopic (exact) mass is 336 g/mol. The molecule has 6 nitrogen and oxygen atoms in total. The van der Waals surface area contributed by atoms with Crippen LogP contribution in [0.3, 0.4) is 0 Å². The van der Waals surface area contributed by atoms with Crippen LogP contribution in [0.1, 0.15) is 26.5 Å². The van der Waals surface area contributed by atoms with Gasteiger partial charge in [-0.1, -0.05) is 5.21 Å². The van der Waals surface area contributed by atoms with Crippen molar-refractivity contribution in [1.29, 1.82) is 0 Å². The fraction of sp³-hybridized carbons (Fsp3) is 0.438. The topological polar surface area (TPSA) is 60.2 Å². The number of aromatic nitrogens is 3. The number of amides is 1. The van der Waals surface area contributed by atoms with Crippen molar-refractivity contribution < 1.29 is 18.3 Å². The second kappa shape index (κ2) is 5.85. The molecule has 128 valence electrons. The Bertz CT molecular complexity index is 783. The van der Waals surface area contributed by atoms with Crippen LogP contribution >= 0.6 is 0 Å². The van der Waals surface area contributed by atoms with Crippen LogP contribution < -0.4 is 0 Å². The number of carbonyl (C=O) groups is 1. The molecule has 0 N–H and O–H groups in total. The molecule has 1 aliphatic rings. The summed E-state index contributed by atoms with van der Waals surface area (Å²) in [5.41, 5.74) is 0.459. The Morgan fingerprint density at radius 3 is 2.67 bits per heavy atom. The fourth-order valence-electron chi connectivity index (χ4n) is 2.52. The van der Waals surface area contributed by atoms with Crippen molar-refractivity contribution >= 4 is 6.09 Å². The number of halogens is 2. The first-order valence-corrected chi connectivity index (χ1v) is 7.60. The van der Waals surface area contributed by atoms with Gasteiger partial charge in [0.05, 0.1) is 18.8 Å². The molecule has 1 aliphatic heterocycles. The molecule has 24 heavy (non-hydrogen) atoms. The highest BCUT2D eigenvalue weighted by Gasteiger charge is 2.29. The number of fused-ring (bicyclic) bond motifs is 1. The first kappa shape index (κ1) is 16.4. The number of ether oxygens (including phenoxy) is 1. The highest BCUT2D eigenvalue weighted by atomic mass is 19.1. The Morgan fingerprint density at radius 2 is 2.00 bits per heavy atom. The molecule has 0 radical (unpaired) electrons. The first-order valence-electron chi connectivity index (χ1n) is 7.60. The molecule has 0 spiro atoms. The average molecular weight is 336 g/mol. The minimum absolute atomic E-state index is 0.156. The smallest absolute Gasteiger partial charge is 0.410 e. The molecule has 0 saturated carbocycles. The van der Waals surface area contributed by atoms with E-state index < -0.39 is 23.3 Å². The summed E-state index contributed by atoms with van der Waals surface area (Å²) in [6, 6.07) is 3.29. The molecule has 3 rings (SSSR count). The Hall–Kier alpha value is -2.51. The van der Waals surface area contributed by atoms with E-state index in [1.54, 1.807) is 25.5 Å². The van der Waals surface area contributed by atoms with Crippen LogP contribution in [0.4, 0.5) is 13.6 Å². The summed E-state index contributed by atoms with van der Waals surface area (Å²) in [4.78, 5) is 13.8. The predicted molar refractivity (Wildman–Crippen MR) is 82.0 cm³/mol. The van der Waals surface area contributed by atoms with E-state index in [-0.39, 0.29) is 12.1 Å². The number of carbonyl (C=O) groups excluding carboxylic acids is 1. The predicted octanol–water partition coefficient (Wildman–Crippen LogP) is 2.97. The molecule has 0 fully saturated rings. The van der Waals surface area contributed by atoms with Gasteiger partial charge in [0, 0.05) is 18.2 Å². The Morgan fingerprint density at radius 1 is 1.25 bits per heavy atom. The van der Waals surface area contributed by atoms with Crippen LogP contribution in [-0.4, -0.2) is 38.1 Å². The van der Waals surface area contributed by atoms with Crippen molar-refractivity contribution in [3.63, 3.8) is 0 Å². The fourth-order valence-corrected chi connectivity index (χ4v) is 2.52. The maximum Gasteiger partial charge on any atom is 0.410 e. The molecule has 0 aliphatic carbocycles. The summed E-state index contributed by atoms with van der Waals surface area (Å²) < 4.78 is 34.1. The third kappa shape index (κ3) is 3.22. The largest absolute Gasteiger partial charge is 0.444 e. The molecule has 1 aromatic heterocycles. The Balaban J connectivity index is 1.89. The number of benzene rings is 1. The van der Waals surface area contributed by atoms with Crippen molar-refractivity contribution in [3.05, 3.63) is 35.5 Å². The van der Waals surface area contributed by atoms with E-state index in [1.807, 2.05) is 0 Å². The minimum Gasteiger partial charge on any atom is -0.444 e. The van der Waals surface area contributed by atoms with Gasteiger partial charge in [0.25, 0.3) is 0 Å². The van der Waals surface area contributed by atoms with Crippen molar-refractivity contribution in [1.82, 2.24) is 19.9 Å². The molecular weight excluding hydrogens is 318 g/mol. The lowest BCUT2D eigenvalue weighted by Gasteiger charge is -2.30. The van der Waals surface area contributed by atoms with Gasteiger partial charge in [-0.05, 0) is 32.9 Å². The Labute approximate surface area is 138 Å².